The van der Waals surface area contributed by atoms with Crippen LogP contribution in [0.2, 0.25) is 5.02 Å². The smallest absolute Gasteiger partial charge is 0.134 e. The molecule has 2 aromatic rings. The van der Waals surface area contributed by atoms with Crippen molar-refractivity contribution < 1.29 is 9.15 Å². The summed E-state index contributed by atoms with van der Waals surface area (Å²) < 4.78 is 11.1. The Morgan fingerprint density at radius 2 is 1.95 bits per heavy atom. The van der Waals surface area contributed by atoms with Gasteiger partial charge in [0, 0.05) is 23.8 Å². The molecule has 0 aliphatic rings. The summed E-state index contributed by atoms with van der Waals surface area (Å²) >= 11 is 5.87. The zero-order chi connectivity index (χ0) is 14.2. The predicted molar refractivity (Wildman–Crippen MR) is 82.0 cm³/mol. The van der Waals surface area contributed by atoms with Gasteiger partial charge < -0.3 is 14.5 Å². The van der Waals surface area contributed by atoms with Crippen molar-refractivity contribution in [3.8, 4) is 11.3 Å². The molecular formula is C16H20ClNO2. The first-order chi connectivity index (χ1) is 9.79. The molecule has 20 heavy (non-hydrogen) atoms. The van der Waals surface area contributed by atoms with Crippen molar-refractivity contribution in [1.82, 2.24) is 5.32 Å². The average molecular weight is 294 g/mol. The topological polar surface area (TPSA) is 34.4 Å². The van der Waals surface area contributed by atoms with Gasteiger partial charge in [0.2, 0.25) is 0 Å². The molecule has 1 heterocycles. The SMILES string of the molecule is CCOCCCNCc1ccc(-c2ccc(Cl)cc2)o1. The lowest BCUT2D eigenvalue weighted by Gasteiger charge is -2.03. The summed E-state index contributed by atoms with van der Waals surface area (Å²) in [7, 11) is 0. The standard InChI is InChI=1S/C16H20ClNO2/c1-2-19-11-3-10-18-12-15-8-9-16(20-15)13-4-6-14(17)7-5-13/h4-9,18H,2-3,10-12H2,1H3. The molecule has 0 aliphatic heterocycles. The van der Waals surface area contributed by atoms with E-state index in [1.54, 1.807) is 0 Å². The number of ether oxygens (including phenoxy) is 1. The Labute approximate surface area is 124 Å². The minimum absolute atomic E-state index is 0.733. The van der Waals surface area contributed by atoms with Crippen LogP contribution in [0.25, 0.3) is 11.3 Å². The van der Waals surface area contributed by atoms with E-state index in [0.29, 0.717) is 0 Å². The number of hydrogen-bond acceptors (Lipinski definition) is 3. The second kappa shape index (κ2) is 8.10. The Morgan fingerprint density at radius 3 is 2.70 bits per heavy atom. The maximum absolute atomic E-state index is 5.87. The van der Waals surface area contributed by atoms with Crippen LogP contribution < -0.4 is 5.32 Å². The highest BCUT2D eigenvalue weighted by molar-refractivity contribution is 6.30. The Hall–Kier alpha value is -1.29. The van der Waals surface area contributed by atoms with Gasteiger partial charge in [-0.05, 0) is 56.3 Å². The Morgan fingerprint density at radius 1 is 1.15 bits per heavy atom. The van der Waals surface area contributed by atoms with E-state index in [0.717, 1.165) is 54.8 Å². The van der Waals surface area contributed by atoms with Crippen molar-refractivity contribution >= 4 is 11.6 Å². The minimum atomic E-state index is 0.733. The van der Waals surface area contributed by atoms with Crippen molar-refractivity contribution in [3.63, 3.8) is 0 Å². The third-order valence-electron chi connectivity index (χ3n) is 2.94. The number of nitrogens with one attached hydrogen (secondary N) is 1. The Kier molecular flexibility index (Phi) is 6.12. The van der Waals surface area contributed by atoms with Crippen LogP contribution >= 0.6 is 11.6 Å². The summed E-state index contributed by atoms with van der Waals surface area (Å²) in [5, 5.41) is 4.07. The van der Waals surface area contributed by atoms with Crippen LogP contribution in [0.1, 0.15) is 19.1 Å². The fourth-order valence-corrected chi connectivity index (χ4v) is 2.02. The predicted octanol–water partition coefficient (Wildman–Crippen LogP) is 4.12. The molecule has 0 amide bonds. The number of rotatable bonds is 8. The number of benzene rings is 1. The molecule has 4 heteroatoms. The zero-order valence-electron chi connectivity index (χ0n) is 11.7. The average Bonchev–Trinajstić information content (AvgIpc) is 2.92. The van der Waals surface area contributed by atoms with Crippen LogP contribution in [0.15, 0.2) is 40.8 Å². The summed E-state index contributed by atoms with van der Waals surface area (Å²) in [6, 6.07) is 11.6. The van der Waals surface area contributed by atoms with Gasteiger partial charge in [-0.3, -0.25) is 0 Å². The van der Waals surface area contributed by atoms with Crippen molar-refractivity contribution in [1.29, 1.82) is 0 Å². The van der Waals surface area contributed by atoms with Gasteiger partial charge in [-0.25, -0.2) is 0 Å². The Bertz CT molecular complexity index is 507. The molecule has 2 rings (SSSR count). The summed E-state index contributed by atoms with van der Waals surface area (Å²) in [6.07, 6.45) is 1.01. The monoisotopic (exact) mass is 293 g/mol. The van der Waals surface area contributed by atoms with Crippen LogP contribution in [0.4, 0.5) is 0 Å². The van der Waals surface area contributed by atoms with E-state index in [2.05, 4.69) is 5.32 Å². The van der Waals surface area contributed by atoms with E-state index in [9.17, 15) is 0 Å². The highest BCUT2D eigenvalue weighted by Gasteiger charge is 2.04. The molecule has 0 atom stereocenters. The molecule has 0 saturated carbocycles. The second-order valence-electron chi connectivity index (χ2n) is 4.50. The van der Waals surface area contributed by atoms with Crippen molar-refractivity contribution in [3.05, 3.63) is 47.2 Å². The maximum atomic E-state index is 5.87. The van der Waals surface area contributed by atoms with E-state index in [1.165, 1.54) is 0 Å². The Balaban J connectivity index is 1.79. The number of hydrogen-bond donors (Lipinski definition) is 1. The van der Waals surface area contributed by atoms with Gasteiger partial charge in [-0.15, -0.1) is 0 Å². The molecule has 0 bridgehead atoms. The summed E-state index contributed by atoms with van der Waals surface area (Å²) in [4.78, 5) is 0. The van der Waals surface area contributed by atoms with E-state index >= 15 is 0 Å². The highest BCUT2D eigenvalue weighted by atomic mass is 35.5. The normalized spacial score (nSPS) is 10.9. The quantitative estimate of drug-likeness (QED) is 0.744. The molecule has 0 fully saturated rings. The van der Waals surface area contributed by atoms with Crippen molar-refractivity contribution in [2.24, 2.45) is 0 Å². The van der Waals surface area contributed by atoms with E-state index in [1.807, 2.05) is 43.3 Å². The molecule has 3 nitrogen and oxygen atoms in total. The van der Waals surface area contributed by atoms with Crippen molar-refractivity contribution in [2.45, 2.75) is 19.9 Å². The van der Waals surface area contributed by atoms with Crippen LogP contribution in [0, 0.1) is 0 Å². The minimum Gasteiger partial charge on any atom is -0.460 e. The fraction of sp³-hybridized carbons (Fsp3) is 0.375. The van der Waals surface area contributed by atoms with Crippen LogP contribution in [-0.2, 0) is 11.3 Å². The molecule has 0 spiro atoms. The molecule has 0 saturated heterocycles. The summed E-state index contributed by atoms with van der Waals surface area (Å²) in [5.74, 6) is 1.80. The molecule has 108 valence electrons. The van der Waals surface area contributed by atoms with E-state index in [4.69, 9.17) is 20.8 Å². The van der Waals surface area contributed by atoms with Crippen LogP contribution in [0.3, 0.4) is 0 Å². The first-order valence-electron chi connectivity index (χ1n) is 6.92. The molecular weight excluding hydrogens is 274 g/mol. The molecule has 0 aliphatic carbocycles. The van der Waals surface area contributed by atoms with Gasteiger partial charge in [0.25, 0.3) is 0 Å². The van der Waals surface area contributed by atoms with Gasteiger partial charge in [-0.1, -0.05) is 11.6 Å². The highest BCUT2D eigenvalue weighted by Crippen LogP contribution is 2.23. The number of furan rings is 1. The molecule has 1 N–H and O–H groups in total. The third-order valence-corrected chi connectivity index (χ3v) is 3.19. The maximum Gasteiger partial charge on any atom is 0.134 e. The molecule has 1 aromatic carbocycles. The van der Waals surface area contributed by atoms with Gasteiger partial charge >= 0.3 is 0 Å². The third kappa shape index (κ3) is 4.67. The van der Waals surface area contributed by atoms with Gasteiger partial charge in [-0.2, -0.15) is 0 Å². The molecule has 1 aromatic heterocycles. The van der Waals surface area contributed by atoms with Crippen LogP contribution in [-0.4, -0.2) is 19.8 Å². The largest absolute Gasteiger partial charge is 0.460 e. The van der Waals surface area contributed by atoms with Crippen molar-refractivity contribution in [2.75, 3.05) is 19.8 Å². The molecule has 0 radical (unpaired) electrons. The van der Waals surface area contributed by atoms with E-state index < -0.39 is 0 Å². The van der Waals surface area contributed by atoms with Gasteiger partial charge in [0.1, 0.15) is 11.5 Å². The molecule has 0 unspecified atom stereocenters. The zero-order valence-corrected chi connectivity index (χ0v) is 12.5. The van der Waals surface area contributed by atoms with Gasteiger partial charge in [0.05, 0.1) is 6.54 Å². The van der Waals surface area contributed by atoms with Crippen LogP contribution in [0.5, 0.6) is 0 Å². The number of halogens is 1. The lowest BCUT2D eigenvalue weighted by Crippen LogP contribution is -2.15. The fourth-order valence-electron chi connectivity index (χ4n) is 1.90. The first kappa shape index (κ1) is 15.1. The second-order valence-corrected chi connectivity index (χ2v) is 4.94. The summed E-state index contributed by atoms with van der Waals surface area (Å²) in [5.41, 5.74) is 1.04. The lowest BCUT2D eigenvalue weighted by molar-refractivity contribution is 0.144. The van der Waals surface area contributed by atoms with E-state index in [-0.39, 0.29) is 0 Å². The van der Waals surface area contributed by atoms with Gasteiger partial charge in [0.15, 0.2) is 0 Å². The first-order valence-corrected chi connectivity index (χ1v) is 7.30. The summed E-state index contributed by atoms with van der Waals surface area (Å²) in [6.45, 7) is 5.26. The lowest BCUT2D eigenvalue weighted by atomic mass is 10.2.